The van der Waals surface area contributed by atoms with E-state index in [1.807, 2.05) is 20.8 Å². The normalized spacial score (nSPS) is 13.7. The van der Waals surface area contributed by atoms with Gasteiger partial charge in [-0.15, -0.1) is 0 Å². The van der Waals surface area contributed by atoms with Crippen molar-refractivity contribution < 1.29 is 33.7 Å². The van der Waals surface area contributed by atoms with Crippen LogP contribution in [0.25, 0.3) is 0 Å². The number of nitrogens with one attached hydrogen (secondary N) is 3. The fraction of sp³-hybridized carbons (Fsp3) is 0.522. The lowest BCUT2D eigenvalue weighted by Gasteiger charge is -2.29. The molecule has 0 unspecified atom stereocenters. The number of phenolic OH excluding ortho intramolecular Hbond substituents is 1. The van der Waals surface area contributed by atoms with Crippen molar-refractivity contribution in [3.05, 3.63) is 151 Å². The Labute approximate surface area is 475 Å². The number of rotatable bonds is 22. The van der Waals surface area contributed by atoms with E-state index in [1.165, 1.54) is 16.7 Å². The molecule has 10 nitrogen and oxygen atoms in total. The number of hydrogen-bond donors (Lipinski definition) is 4. The van der Waals surface area contributed by atoms with Gasteiger partial charge in [0.2, 0.25) is 0 Å². The second-order valence-corrected chi connectivity index (χ2v) is 26.3. The lowest BCUT2D eigenvalue weighted by Crippen LogP contribution is -2.21. The molecule has 10 heteroatoms. The summed E-state index contributed by atoms with van der Waals surface area (Å²) in [5.74, 6) is 2.75. The number of allylic oxidation sites excluding steroid dienone is 6. The van der Waals surface area contributed by atoms with Gasteiger partial charge in [0.15, 0.2) is 17.3 Å². The largest absolute Gasteiger partial charge is 0.507 e. The minimum Gasteiger partial charge on any atom is -0.507 e. The molecule has 0 amide bonds. The number of aromatic hydroxyl groups is 1. The predicted octanol–water partition coefficient (Wildman–Crippen LogP) is 14.2. The fourth-order valence-electron chi connectivity index (χ4n) is 10.0. The molecule has 0 saturated heterocycles. The van der Waals surface area contributed by atoms with Crippen LogP contribution < -0.4 is 30.2 Å². The van der Waals surface area contributed by atoms with E-state index >= 15 is 0 Å². The number of carbonyl (C=O) groups is 3. The number of benzene rings is 4. The first kappa shape index (κ1) is 63.5. The average Bonchev–Trinajstić information content (AvgIpc) is 3.33. The van der Waals surface area contributed by atoms with Gasteiger partial charge in [-0.3, -0.25) is 14.4 Å². The maximum atomic E-state index is 12.8. The summed E-state index contributed by atoms with van der Waals surface area (Å²) in [7, 11) is 0. The Morgan fingerprint density at radius 1 is 0.392 bits per heavy atom. The highest BCUT2D eigenvalue weighted by atomic mass is 16.5. The Morgan fingerprint density at radius 3 is 0.899 bits per heavy atom. The van der Waals surface area contributed by atoms with Crippen molar-refractivity contribution in [2.45, 2.75) is 198 Å². The first-order valence-corrected chi connectivity index (χ1v) is 28.8. The minimum atomic E-state index is -0.229. The van der Waals surface area contributed by atoms with Crippen LogP contribution in [0, 0.1) is 0 Å². The molecule has 4 aromatic rings. The van der Waals surface area contributed by atoms with Gasteiger partial charge in [0.05, 0.1) is 13.2 Å². The average molecular weight is 1080 g/mol. The van der Waals surface area contributed by atoms with E-state index in [-0.39, 0.29) is 44.8 Å². The number of phenols is 1. The summed E-state index contributed by atoms with van der Waals surface area (Å²) in [6.07, 6.45) is 10.0. The second-order valence-electron chi connectivity index (χ2n) is 26.3. The van der Waals surface area contributed by atoms with Crippen molar-refractivity contribution in [2.75, 3.05) is 39.5 Å². The summed E-state index contributed by atoms with van der Waals surface area (Å²) in [5, 5.41) is 23.0. The SMILES string of the molecule is CC(=O)/C=C(/C)NCCCCOc1c2cc(C(C)(C)C)cc1Cc1cc(C(C)(C)C)cc(c1OCCN/C(C)=C\C(C)=O)Cc1cc(C(C)(C)C)cc(c1OCCCCN/C(C)=C/C(C)=O)Cc1cc(C(C)(C)C)cc(c1O)C2. The predicted molar refractivity (Wildman–Crippen MR) is 326 cm³/mol. The van der Waals surface area contributed by atoms with Crippen LogP contribution in [0.15, 0.2) is 83.9 Å². The van der Waals surface area contributed by atoms with Gasteiger partial charge >= 0.3 is 0 Å². The molecule has 1 aliphatic carbocycles. The smallest absolute Gasteiger partial charge is 0.154 e. The van der Waals surface area contributed by atoms with E-state index < -0.39 is 0 Å². The molecule has 0 atom stereocenters. The fourth-order valence-corrected chi connectivity index (χ4v) is 10.0. The van der Waals surface area contributed by atoms with Crippen LogP contribution in [0.2, 0.25) is 0 Å². The molecule has 8 bridgehead atoms. The van der Waals surface area contributed by atoms with Crippen molar-refractivity contribution in [3.63, 3.8) is 0 Å². The van der Waals surface area contributed by atoms with Crippen LogP contribution in [-0.2, 0) is 61.7 Å². The zero-order chi connectivity index (χ0) is 58.6. The van der Waals surface area contributed by atoms with E-state index in [2.05, 4.69) is 148 Å². The van der Waals surface area contributed by atoms with E-state index in [1.54, 1.807) is 39.0 Å². The zero-order valence-electron chi connectivity index (χ0n) is 51.6. The van der Waals surface area contributed by atoms with Crippen molar-refractivity contribution in [1.82, 2.24) is 16.0 Å². The van der Waals surface area contributed by atoms with Crippen molar-refractivity contribution in [1.29, 1.82) is 0 Å². The van der Waals surface area contributed by atoms with E-state index in [0.29, 0.717) is 65.1 Å². The van der Waals surface area contributed by atoms with Crippen LogP contribution in [0.1, 0.15) is 217 Å². The molecular formula is C69H97N3O7. The Kier molecular flexibility index (Phi) is 21.9. The Bertz CT molecular complexity index is 2750. The van der Waals surface area contributed by atoms with Gasteiger partial charge in [0.1, 0.15) is 29.6 Å². The molecule has 430 valence electrons. The number of hydrogen-bond acceptors (Lipinski definition) is 10. The molecule has 0 spiro atoms. The molecule has 0 heterocycles. The number of unbranched alkanes of at least 4 members (excludes halogenated alkanes) is 2. The minimum absolute atomic E-state index is 0.0167. The van der Waals surface area contributed by atoms with Gasteiger partial charge in [0.25, 0.3) is 0 Å². The Morgan fingerprint density at radius 2 is 0.633 bits per heavy atom. The van der Waals surface area contributed by atoms with Crippen molar-refractivity contribution >= 4 is 17.3 Å². The molecule has 0 fully saturated rings. The van der Waals surface area contributed by atoms with Crippen molar-refractivity contribution in [2.24, 2.45) is 0 Å². The highest BCUT2D eigenvalue weighted by Crippen LogP contribution is 2.44. The zero-order valence-corrected chi connectivity index (χ0v) is 51.6. The highest BCUT2D eigenvalue weighted by Gasteiger charge is 2.29. The molecule has 79 heavy (non-hydrogen) atoms. The quantitative estimate of drug-likeness (QED) is 0.0392. The summed E-state index contributed by atoms with van der Waals surface area (Å²) in [6, 6.07) is 18.3. The van der Waals surface area contributed by atoms with E-state index in [0.717, 1.165) is 110 Å². The van der Waals surface area contributed by atoms with Gasteiger partial charge in [-0.2, -0.15) is 0 Å². The van der Waals surface area contributed by atoms with Gasteiger partial charge in [-0.05, 0) is 174 Å². The summed E-state index contributed by atoms with van der Waals surface area (Å²) >= 11 is 0. The van der Waals surface area contributed by atoms with Crippen LogP contribution in [0.4, 0.5) is 0 Å². The van der Waals surface area contributed by atoms with Crippen molar-refractivity contribution in [3.8, 4) is 23.0 Å². The lowest BCUT2D eigenvalue weighted by molar-refractivity contribution is -0.113. The molecule has 4 N–H and O–H groups in total. The topological polar surface area (TPSA) is 135 Å². The van der Waals surface area contributed by atoms with Gasteiger partial charge in [-0.25, -0.2) is 0 Å². The summed E-state index contributed by atoms with van der Waals surface area (Å²) in [4.78, 5) is 35.5. The maximum absolute atomic E-state index is 12.8. The number of carbonyl (C=O) groups excluding carboxylic acids is 3. The van der Waals surface area contributed by atoms with Crippen LogP contribution in [0.5, 0.6) is 23.0 Å². The molecule has 0 saturated carbocycles. The summed E-state index contributed by atoms with van der Waals surface area (Å²) < 4.78 is 21.4. The molecule has 1 aliphatic rings. The molecule has 0 radical (unpaired) electrons. The third kappa shape index (κ3) is 19.2. The molecule has 4 aromatic carbocycles. The lowest BCUT2D eigenvalue weighted by atomic mass is 9.79. The summed E-state index contributed by atoms with van der Waals surface area (Å²) in [6.45, 7) is 40.6. The Hall–Kier alpha value is -6.29. The second kappa shape index (κ2) is 27.2. The Balaban J connectivity index is 1.83. The molecular weight excluding hydrogens is 983 g/mol. The third-order valence-corrected chi connectivity index (χ3v) is 14.4. The van der Waals surface area contributed by atoms with Crippen LogP contribution in [-0.4, -0.2) is 61.9 Å². The molecule has 5 rings (SSSR count). The number of ketones is 3. The first-order valence-electron chi connectivity index (χ1n) is 28.8. The van der Waals surface area contributed by atoms with Gasteiger partial charge < -0.3 is 35.3 Å². The van der Waals surface area contributed by atoms with Gasteiger partial charge in [-0.1, -0.05) is 132 Å². The number of fused-ring (bicyclic) bond motifs is 8. The first-order chi connectivity index (χ1) is 36.8. The van der Waals surface area contributed by atoms with E-state index in [4.69, 9.17) is 14.2 Å². The number of ether oxygens (including phenoxy) is 3. The molecule has 0 aliphatic heterocycles. The third-order valence-electron chi connectivity index (χ3n) is 14.4. The summed E-state index contributed by atoms with van der Waals surface area (Å²) in [5.41, 5.74) is 14.1. The highest BCUT2D eigenvalue weighted by molar-refractivity contribution is 5.88. The molecule has 0 aromatic heterocycles. The van der Waals surface area contributed by atoms with Crippen LogP contribution in [0.3, 0.4) is 0 Å². The van der Waals surface area contributed by atoms with E-state index in [9.17, 15) is 19.5 Å². The monoisotopic (exact) mass is 1080 g/mol. The standard InChI is InChI=1S/C69H97N3O7/c1-44(29-47(4)73)70-23-19-21-26-77-63-52-32-50-36-58(66(7,8)9)37-51(62(50)76)33-53-39-60(68(13,14)15)41-55(64(53)78-27-22-20-24-71-45(2)30-48(5)74)35-57-43-61(69(16,17)18)42-56(34-54(63)40-59(38-52)67(10,11)12)65(57)79-28-25-72-46(3)31-49(6)75/h29-31,36-43,70-72,76H,19-28,32-35H2,1-18H3/b44-29-,45-30+,46-31-. The maximum Gasteiger partial charge on any atom is 0.154 e. The van der Waals surface area contributed by atoms with Gasteiger partial charge in [0, 0.05) is 62.4 Å². The van der Waals surface area contributed by atoms with Crippen LogP contribution >= 0.6 is 0 Å².